The van der Waals surface area contributed by atoms with E-state index in [0.717, 1.165) is 31.0 Å². The second-order valence-electron chi connectivity index (χ2n) is 4.84. The van der Waals surface area contributed by atoms with Crippen molar-refractivity contribution < 1.29 is 4.74 Å². The summed E-state index contributed by atoms with van der Waals surface area (Å²) in [5.41, 5.74) is 2.31. The fourth-order valence-corrected chi connectivity index (χ4v) is 1.95. The minimum absolute atomic E-state index is 0.289. The first-order valence-corrected chi connectivity index (χ1v) is 7.15. The highest BCUT2D eigenvalue weighted by Gasteiger charge is 2.05. The molecule has 106 valence electrons. The van der Waals surface area contributed by atoms with Crippen LogP contribution in [0.25, 0.3) is 0 Å². The fraction of sp³-hybridized carbons (Fsp3) is 0.353. The molecule has 1 unspecified atom stereocenters. The summed E-state index contributed by atoms with van der Waals surface area (Å²) in [4.78, 5) is 4.31. The summed E-state index contributed by atoms with van der Waals surface area (Å²) in [6.07, 6.45) is 2.85. The molecule has 2 aromatic rings. The second-order valence-corrected chi connectivity index (χ2v) is 4.84. The molecule has 1 aromatic carbocycles. The molecule has 1 aromatic heterocycles. The summed E-state index contributed by atoms with van der Waals surface area (Å²) in [6.45, 7) is 5.81. The molecule has 3 heteroatoms. The Kier molecular flexibility index (Phi) is 5.56. The molecule has 0 fully saturated rings. The predicted octanol–water partition coefficient (Wildman–Crippen LogP) is 3.72. The summed E-state index contributed by atoms with van der Waals surface area (Å²) in [7, 11) is 0. The first-order chi connectivity index (χ1) is 9.79. The van der Waals surface area contributed by atoms with Gasteiger partial charge in [-0.25, -0.2) is 0 Å². The minimum Gasteiger partial charge on any atom is -0.494 e. The molecule has 0 amide bonds. The molecular weight excluding hydrogens is 248 g/mol. The van der Waals surface area contributed by atoms with Gasteiger partial charge in [0.25, 0.3) is 0 Å². The summed E-state index contributed by atoms with van der Waals surface area (Å²) in [5.74, 6) is 0.938. The lowest BCUT2D eigenvalue weighted by Crippen LogP contribution is -2.18. The van der Waals surface area contributed by atoms with Crippen LogP contribution in [0, 0.1) is 0 Å². The largest absolute Gasteiger partial charge is 0.494 e. The van der Waals surface area contributed by atoms with Gasteiger partial charge in [0, 0.05) is 18.8 Å². The molecule has 20 heavy (non-hydrogen) atoms. The molecular formula is C17H22N2O. The van der Waals surface area contributed by atoms with Crippen LogP contribution in [0.4, 0.5) is 0 Å². The minimum atomic E-state index is 0.289. The molecule has 2 rings (SSSR count). The summed E-state index contributed by atoms with van der Waals surface area (Å²) < 4.78 is 5.59. The van der Waals surface area contributed by atoms with Crippen molar-refractivity contribution in [3.05, 3.63) is 59.9 Å². The highest BCUT2D eigenvalue weighted by atomic mass is 16.5. The van der Waals surface area contributed by atoms with E-state index >= 15 is 0 Å². The number of rotatable bonds is 7. The van der Waals surface area contributed by atoms with Crippen LogP contribution in [0.15, 0.2) is 48.7 Å². The van der Waals surface area contributed by atoms with Crippen LogP contribution in [0.1, 0.15) is 37.6 Å². The van der Waals surface area contributed by atoms with Crippen LogP contribution in [-0.4, -0.2) is 11.6 Å². The highest BCUT2D eigenvalue weighted by Crippen LogP contribution is 2.18. The van der Waals surface area contributed by atoms with Crippen LogP contribution in [-0.2, 0) is 6.54 Å². The monoisotopic (exact) mass is 270 g/mol. The standard InChI is InChI=1S/C17H22N2O/c1-3-12-20-17-9-7-15(8-10-17)14(2)19-13-16-6-4-5-11-18-16/h4-11,14,19H,3,12-13H2,1-2H3. The molecule has 0 aliphatic heterocycles. The van der Waals surface area contributed by atoms with Gasteiger partial charge in [-0.05, 0) is 43.2 Å². The van der Waals surface area contributed by atoms with E-state index in [1.54, 1.807) is 0 Å². The maximum absolute atomic E-state index is 5.59. The van der Waals surface area contributed by atoms with Gasteiger partial charge in [0.05, 0.1) is 12.3 Å². The summed E-state index contributed by atoms with van der Waals surface area (Å²) in [6, 6.07) is 14.5. The first-order valence-electron chi connectivity index (χ1n) is 7.15. The topological polar surface area (TPSA) is 34.1 Å². The Morgan fingerprint density at radius 2 is 1.95 bits per heavy atom. The highest BCUT2D eigenvalue weighted by molar-refractivity contribution is 5.29. The lowest BCUT2D eigenvalue weighted by molar-refractivity contribution is 0.317. The number of nitrogens with zero attached hydrogens (tertiary/aromatic N) is 1. The Balaban J connectivity index is 1.87. The van der Waals surface area contributed by atoms with Crippen molar-refractivity contribution in [3.63, 3.8) is 0 Å². The molecule has 0 saturated heterocycles. The Morgan fingerprint density at radius 1 is 1.15 bits per heavy atom. The number of benzene rings is 1. The SMILES string of the molecule is CCCOc1ccc(C(C)NCc2ccccn2)cc1. The van der Waals surface area contributed by atoms with Crippen molar-refractivity contribution in [2.75, 3.05) is 6.61 Å². The number of nitrogens with one attached hydrogen (secondary N) is 1. The van der Waals surface area contributed by atoms with E-state index in [1.165, 1.54) is 5.56 Å². The third-order valence-corrected chi connectivity index (χ3v) is 3.17. The Bertz CT molecular complexity index is 496. The van der Waals surface area contributed by atoms with E-state index in [1.807, 2.05) is 36.5 Å². The first kappa shape index (κ1) is 14.5. The fourth-order valence-electron chi connectivity index (χ4n) is 1.95. The van der Waals surface area contributed by atoms with Crippen molar-refractivity contribution in [1.29, 1.82) is 0 Å². The van der Waals surface area contributed by atoms with E-state index in [4.69, 9.17) is 4.74 Å². The van der Waals surface area contributed by atoms with Crippen LogP contribution < -0.4 is 10.1 Å². The van der Waals surface area contributed by atoms with Crippen molar-refractivity contribution >= 4 is 0 Å². The molecule has 1 atom stereocenters. The van der Waals surface area contributed by atoms with Gasteiger partial charge in [0.15, 0.2) is 0 Å². The van der Waals surface area contributed by atoms with E-state index in [2.05, 4.69) is 36.3 Å². The molecule has 0 aliphatic rings. The summed E-state index contributed by atoms with van der Waals surface area (Å²) >= 11 is 0. The molecule has 0 aliphatic carbocycles. The Labute approximate surface area is 121 Å². The van der Waals surface area contributed by atoms with Gasteiger partial charge >= 0.3 is 0 Å². The summed E-state index contributed by atoms with van der Waals surface area (Å²) in [5, 5.41) is 3.47. The van der Waals surface area contributed by atoms with Gasteiger partial charge in [-0.1, -0.05) is 25.1 Å². The van der Waals surface area contributed by atoms with Gasteiger partial charge in [-0.15, -0.1) is 0 Å². The lowest BCUT2D eigenvalue weighted by atomic mass is 10.1. The van der Waals surface area contributed by atoms with Crippen molar-refractivity contribution in [2.24, 2.45) is 0 Å². The van der Waals surface area contributed by atoms with E-state index < -0.39 is 0 Å². The third-order valence-electron chi connectivity index (χ3n) is 3.17. The van der Waals surface area contributed by atoms with Gasteiger partial charge in [0.2, 0.25) is 0 Å². The quantitative estimate of drug-likeness (QED) is 0.832. The van der Waals surface area contributed by atoms with Crippen LogP contribution in [0.2, 0.25) is 0 Å². The second kappa shape index (κ2) is 7.65. The molecule has 0 radical (unpaired) electrons. The zero-order valence-electron chi connectivity index (χ0n) is 12.2. The molecule has 0 saturated carbocycles. The van der Waals surface area contributed by atoms with E-state index in [-0.39, 0.29) is 6.04 Å². The van der Waals surface area contributed by atoms with E-state index in [9.17, 15) is 0 Å². The maximum Gasteiger partial charge on any atom is 0.119 e. The number of hydrogen-bond donors (Lipinski definition) is 1. The lowest BCUT2D eigenvalue weighted by Gasteiger charge is -2.14. The van der Waals surface area contributed by atoms with Gasteiger partial charge in [0.1, 0.15) is 5.75 Å². The maximum atomic E-state index is 5.59. The molecule has 0 bridgehead atoms. The molecule has 1 heterocycles. The zero-order chi connectivity index (χ0) is 14.2. The van der Waals surface area contributed by atoms with Gasteiger partial charge in [-0.2, -0.15) is 0 Å². The number of ether oxygens (including phenoxy) is 1. The number of hydrogen-bond acceptors (Lipinski definition) is 3. The smallest absolute Gasteiger partial charge is 0.119 e. The van der Waals surface area contributed by atoms with Crippen molar-refractivity contribution in [3.8, 4) is 5.75 Å². The third kappa shape index (κ3) is 4.35. The van der Waals surface area contributed by atoms with Gasteiger partial charge < -0.3 is 10.1 Å². The average Bonchev–Trinajstić information content (AvgIpc) is 2.52. The van der Waals surface area contributed by atoms with Crippen LogP contribution in [0.5, 0.6) is 5.75 Å². The Hall–Kier alpha value is -1.87. The number of aromatic nitrogens is 1. The Morgan fingerprint density at radius 3 is 2.60 bits per heavy atom. The van der Waals surface area contributed by atoms with Crippen LogP contribution >= 0.6 is 0 Å². The molecule has 1 N–H and O–H groups in total. The van der Waals surface area contributed by atoms with Crippen molar-refractivity contribution in [1.82, 2.24) is 10.3 Å². The van der Waals surface area contributed by atoms with Gasteiger partial charge in [-0.3, -0.25) is 4.98 Å². The zero-order valence-corrected chi connectivity index (χ0v) is 12.2. The number of pyridine rings is 1. The molecule has 3 nitrogen and oxygen atoms in total. The van der Waals surface area contributed by atoms with E-state index in [0.29, 0.717) is 0 Å². The van der Waals surface area contributed by atoms with Crippen LogP contribution in [0.3, 0.4) is 0 Å². The molecule has 0 spiro atoms. The average molecular weight is 270 g/mol. The predicted molar refractivity (Wildman–Crippen MR) is 81.7 cm³/mol. The van der Waals surface area contributed by atoms with Crippen molar-refractivity contribution in [2.45, 2.75) is 32.9 Å². The normalized spacial score (nSPS) is 12.1.